The van der Waals surface area contributed by atoms with E-state index in [2.05, 4.69) is 36.3 Å². The Labute approximate surface area is 227 Å². The summed E-state index contributed by atoms with van der Waals surface area (Å²) >= 11 is 0. The second kappa shape index (κ2) is 11.4. The number of aromatic nitrogens is 5. The van der Waals surface area contributed by atoms with Crippen molar-refractivity contribution in [3.63, 3.8) is 0 Å². The van der Waals surface area contributed by atoms with Crippen LogP contribution in [0.15, 0.2) is 24.5 Å². The quantitative estimate of drug-likeness (QED) is 0.393. The van der Waals surface area contributed by atoms with Gasteiger partial charge in [0.1, 0.15) is 11.8 Å². The van der Waals surface area contributed by atoms with Gasteiger partial charge in [-0.15, -0.1) is 0 Å². The topological polar surface area (TPSA) is 156 Å². The normalized spacial score (nSPS) is 19.9. The predicted molar refractivity (Wildman–Crippen MR) is 144 cm³/mol. The summed E-state index contributed by atoms with van der Waals surface area (Å²) in [7, 11) is -1.74. The molecule has 1 amide bonds. The highest BCUT2D eigenvalue weighted by Gasteiger charge is 2.31. The number of carbonyl (C=O) groups excluding carboxylic acids is 1. The third-order valence-corrected chi connectivity index (χ3v) is 8.44. The lowest BCUT2D eigenvalue weighted by Gasteiger charge is -2.32. The summed E-state index contributed by atoms with van der Waals surface area (Å²) in [6, 6.07) is 3.75. The van der Waals surface area contributed by atoms with E-state index in [0.29, 0.717) is 44.5 Å². The van der Waals surface area contributed by atoms with Crippen molar-refractivity contribution in [2.45, 2.75) is 44.2 Å². The van der Waals surface area contributed by atoms with E-state index in [1.807, 2.05) is 24.1 Å². The highest BCUT2D eigenvalue weighted by molar-refractivity contribution is 7.88. The van der Waals surface area contributed by atoms with E-state index < -0.39 is 15.9 Å². The molecule has 0 saturated carbocycles. The number of fused-ring (bicyclic) bond motifs is 1. The van der Waals surface area contributed by atoms with E-state index in [0.717, 1.165) is 23.9 Å². The fraction of sp³-hybridized carbons (Fsp3) is 0.560. The summed E-state index contributed by atoms with van der Waals surface area (Å²) in [5, 5.41) is 4.01. The number of ether oxygens (including phenoxy) is 2. The number of hydrogen-bond donors (Lipinski definition) is 2. The third-order valence-electron chi connectivity index (χ3n) is 7.17. The number of nitrogens with zero attached hydrogens (tertiary/aromatic N) is 6. The summed E-state index contributed by atoms with van der Waals surface area (Å²) < 4.78 is 36.1. The maximum absolute atomic E-state index is 13.1. The van der Waals surface area contributed by atoms with Crippen LogP contribution >= 0.6 is 0 Å². The Morgan fingerprint density at radius 3 is 2.72 bits per heavy atom. The van der Waals surface area contributed by atoms with Gasteiger partial charge in [-0.05, 0) is 49.8 Å². The average Bonchev–Trinajstić information content (AvgIpc) is 3.56. The molecule has 14 heteroatoms. The number of rotatable bonds is 9. The molecule has 2 aliphatic heterocycles. The fourth-order valence-electron chi connectivity index (χ4n) is 5.19. The molecule has 5 heterocycles. The van der Waals surface area contributed by atoms with Gasteiger partial charge in [-0.1, -0.05) is 0 Å². The molecule has 1 unspecified atom stereocenters. The first kappa shape index (κ1) is 27.2. The zero-order valence-corrected chi connectivity index (χ0v) is 23.1. The maximum Gasteiger partial charge on any atom is 0.322 e. The van der Waals surface area contributed by atoms with Gasteiger partial charge in [0.15, 0.2) is 0 Å². The maximum atomic E-state index is 13.1. The molecular formula is C25H34N8O5S. The zero-order valence-electron chi connectivity index (χ0n) is 22.3. The summed E-state index contributed by atoms with van der Waals surface area (Å²) in [6.07, 6.45) is 6.94. The lowest BCUT2D eigenvalue weighted by Crippen LogP contribution is -2.39. The largest absolute Gasteiger partial charge is 0.458 e. The van der Waals surface area contributed by atoms with Crippen molar-refractivity contribution in [1.29, 1.82) is 0 Å². The number of nitrogens with one attached hydrogen (secondary N) is 2. The van der Waals surface area contributed by atoms with Crippen molar-refractivity contribution in [1.82, 2.24) is 34.5 Å². The van der Waals surface area contributed by atoms with Gasteiger partial charge in [-0.2, -0.15) is 15.0 Å². The van der Waals surface area contributed by atoms with Crippen LogP contribution in [0.5, 0.6) is 6.01 Å². The molecule has 3 aromatic rings. The van der Waals surface area contributed by atoms with Crippen LogP contribution in [0, 0.1) is 0 Å². The van der Waals surface area contributed by atoms with E-state index in [4.69, 9.17) is 9.47 Å². The highest BCUT2D eigenvalue weighted by Crippen LogP contribution is 2.33. The molecule has 2 saturated heterocycles. The van der Waals surface area contributed by atoms with Gasteiger partial charge >= 0.3 is 6.01 Å². The smallest absolute Gasteiger partial charge is 0.322 e. The van der Waals surface area contributed by atoms with Crippen LogP contribution in [0.3, 0.4) is 0 Å². The number of methoxy groups -OCH3 is 1. The minimum Gasteiger partial charge on any atom is -0.458 e. The van der Waals surface area contributed by atoms with Crippen LogP contribution in [0.2, 0.25) is 0 Å². The third kappa shape index (κ3) is 6.28. The number of hydrogen-bond acceptors (Lipinski definition) is 10. The van der Waals surface area contributed by atoms with Crippen molar-refractivity contribution in [3.8, 4) is 6.01 Å². The van der Waals surface area contributed by atoms with Crippen LogP contribution in [-0.4, -0.2) is 102 Å². The molecule has 13 nitrogen and oxygen atoms in total. The average molecular weight is 559 g/mol. The first-order valence-electron chi connectivity index (χ1n) is 13.1. The van der Waals surface area contributed by atoms with E-state index in [9.17, 15) is 13.2 Å². The van der Waals surface area contributed by atoms with Crippen LogP contribution in [0.1, 0.15) is 48.3 Å². The number of piperidine rings is 1. The van der Waals surface area contributed by atoms with Gasteiger partial charge in [0.25, 0.3) is 5.91 Å². The Hall–Kier alpha value is -3.36. The lowest BCUT2D eigenvalue weighted by atomic mass is 9.89. The Bertz CT molecular complexity index is 1420. The van der Waals surface area contributed by atoms with Crippen molar-refractivity contribution >= 4 is 32.9 Å². The van der Waals surface area contributed by atoms with Crippen LogP contribution in [-0.2, 0) is 14.8 Å². The number of pyridine rings is 1. The molecule has 0 aliphatic carbocycles. The Kier molecular flexibility index (Phi) is 7.96. The molecular weight excluding hydrogens is 524 g/mol. The lowest BCUT2D eigenvalue weighted by molar-refractivity contribution is 0.0836. The highest BCUT2D eigenvalue weighted by atomic mass is 32.2. The molecule has 2 aliphatic rings. The van der Waals surface area contributed by atoms with Gasteiger partial charge in [-0.3, -0.25) is 4.79 Å². The minimum atomic E-state index is -3.32. The van der Waals surface area contributed by atoms with E-state index >= 15 is 0 Å². The van der Waals surface area contributed by atoms with Crippen molar-refractivity contribution in [2.75, 3.05) is 51.1 Å². The molecule has 2 N–H and O–H groups in total. The zero-order chi connectivity index (χ0) is 27.6. The molecule has 2 atom stereocenters. The molecule has 0 radical (unpaired) electrons. The van der Waals surface area contributed by atoms with Gasteiger partial charge in [0.2, 0.25) is 21.8 Å². The molecule has 0 spiro atoms. The second-order valence-electron chi connectivity index (χ2n) is 10.1. The summed E-state index contributed by atoms with van der Waals surface area (Å²) in [6.45, 7) is 4.12. The number of sulfonamides is 1. The first-order chi connectivity index (χ1) is 18.7. The van der Waals surface area contributed by atoms with Gasteiger partial charge in [-0.25, -0.2) is 17.7 Å². The predicted octanol–water partition coefficient (Wildman–Crippen LogP) is 1.31. The standard InChI is InChI=1S/C25H34N8O5S/c1-16(15-37-2)38-25-30-22(23(34)28-18-8-12-33(14-18)39(3,35)36)29-24(31-25)32-10-6-17(7-11-32)20-13-27-21-19(20)5-4-9-26-21/h4-5,9,13,16-18H,6-8,10-12,14-15H2,1-3H3,(H,26,27)(H,28,34)/t16?,18-/m1/s1. The van der Waals surface area contributed by atoms with E-state index in [1.54, 1.807) is 13.3 Å². The molecule has 5 rings (SSSR count). The van der Waals surface area contributed by atoms with E-state index in [1.165, 1.54) is 16.1 Å². The molecule has 3 aromatic heterocycles. The van der Waals surface area contributed by atoms with E-state index in [-0.39, 0.29) is 30.5 Å². The fourth-order valence-corrected chi connectivity index (χ4v) is 6.08. The van der Waals surface area contributed by atoms with Crippen molar-refractivity contribution in [3.05, 3.63) is 35.9 Å². The molecule has 0 bridgehead atoms. The molecule has 0 aromatic carbocycles. The molecule has 39 heavy (non-hydrogen) atoms. The summed E-state index contributed by atoms with van der Waals surface area (Å²) in [5.74, 6) is 0.172. The number of carbonyl (C=O) groups is 1. The second-order valence-corrected chi connectivity index (χ2v) is 12.1. The van der Waals surface area contributed by atoms with Gasteiger partial charge in [0.05, 0.1) is 12.9 Å². The summed E-state index contributed by atoms with van der Waals surface area (Å²) in [5.41, 5.74) is 2.14. The van der Waals surface area contributed by atoms with Crippen LogP contribution < -0.4 is 15.0 Å². The van der Waals surface area contributed by atoms with Crippen LogP contribution in [0.4, 0.5) is 5.95 Å². The molecule has 2 fully saturated rings. The van der Waals surface area contributed by atoms with Crippen molar-refractivity contribution in [2.24, 2.45) is 0 Å². The number of amides is 1. The molecule has 210 valence electrons. The SMILES string of the molecule is COCC(C)Oc1nc(C(=O)N[C@@H]2CCN(S(C)(=O)=O)C2)nc(N2CCC(c3c[nH]c4ncccc34)CC2)n1. The van der Waals surface area contributed by atoms with Crippen molar-refractivity contribution < 1.29 is 22.7 Å². The van der Waals surface area contributed by atoms with Crippen LogP contribution in [0.25, 0.3) is 11.0 Å². The first-order valence-corrected chi connectivity index (χ1v) is 14.9. The van der Waals surface area contributed by atoms with Gasteiger partial charge < -0.3 is 24.7 Å². The minimum absolute atomic E-state index is 0.0451. The number of aromatic amines is 1. The Morgan fingerprint density at radius 1 is 1.21 bits per heavy atom. The number of H-pyrrole nitrogens is 1. The monoisotopic (exact) mass is 558 g/mol. The summed E-state index contributed by atoms with van der Waals surface area (Å²) in [4.78, 5) is 36.1. The number of anilines is 1. The Morgan fingerprint density at radius 2 is 2.00 bits per heavy atom. The van der Waals surface area contributed by atoms with Gasteiger partial charge in [0, 0.05) is 57.1 Å². The Balaban J connectivity index is 1.32.